The van der Waals surface area contributed by atoms with Crippen LogP contribution in [0.5, 0.6) is 0 Å². The van der Waals surface area contributed by atoms with Crippen LogP contribution in [0.1, 0.15) is 144 Å². The molecule has 24 rings (SSSR count). The Balaban J connectivity index is 0.000000107. The second-order valence-corrected chi connectivity index (χ2v) is 39.2. The first-order valence-electron chi connectivity index (χ1n) is 44.2. The van der Waals surface area contributed by atoms with Gasteiger partial charge in [0, 0.05) is 98.2 Å². The molecule has 10 aliphatic rings. The zero-order chi connectivity index (χ0) is 91.6. The van der Waals surface area contributed by atoms with Crippen LogP contribution in [0.3, 0.4) is 0 Å². The van der Waals surface area contributed by atoms with E-state index in [0.29, 0.717) is 67.8 Å². The molecule has 1 N–H and O–H groups in total. The molecule has 5 saturated carbocycles. The van der Waals surface area contributed by atoms with Crippen LogP contribution in [0.4, 0.5) is 71.0 Å². The molecular formula is C97H96BBr3Cl2F3N15O10. The lowest BCUT2D eigenvalue weighted by Crippen LogP contribution is -2.49. The quantitative estimate of drug-likeness (QED) is 0.0985. The minimum Gasteiger partial charge on any atom is -0.428 e. The number of oxazole rings is 4. The lowest BCUT2D eigenvalue weighted by molar-refractivity contribution is -0.171. The van der Waals surface area contributed by atoms with Crippen molar-refractivity contribution in [3.63, 3.8) is 0 Å². The molecule has 5 aliphatic carbocycles. The molecule has 14 aromatic rings. The van der Waals surface area contributed by atoms with E-state index in [1.54, 1.807) is 25.1 Å². The van der Waals surface area contributed by atoms with Gasteiger partial charge in [0.05, 0.1) is 75.7 Å². The number of alkyl halides is 3. The number of carbonyl (C=O) groups excluding carboxylic acids is 4. The van der Waals surface area contributed by atoms with E-state index in [1.165, 1.54) is 25.7 Å². The van der Waals surface area contributed by atoms with Crippen molar-refractivity contribution in [3.8, 4) is 11.1 Å². The molecule has 4 atom stereocenters. The number of nitrogens with one attached hydrogen (secondary N) is 1. The molecule has 131 heavy (non-hydrogen) atoms. The minimum absolute atomic E-state index is 0.0177. The molecular weight excluding hydrogens is 1910 g/mol. The van der Waals surface area contributed by atoms with Crippen LogP contribution in [0.15, 0.2) is 226 Å². The van der Waals surface area contributed by atoms with Crippen LogP contribution in [0, 0.1) is 17.8 Å². The van der Waals surface area contributed by atoms with Crippen molar-refractivity contribution in [3.05, 3.63) is 219 Å². The lowest BCUT2D eigenvalue weighted by atomic mass is 9.82. The zero-order valence-corrected chi connectivity index (χ0v) is 79.5. The third kappa shape index (κ3) is 20.2. The molecule has 1 saturated heterocycles. The van der Waals surface area contributed by atoms with Gasteiger partial charge in [-0.25, -0.2) is 0 Å². The maximum atomic E-state index is 13.2. The average Bonchev–Trinajstić information content (AvgIpc) is 1.68. The Hall–Kier alpha value is -10.9. The first-order valence-corrected chi connectivity index (χ1v) is 47.4. The van der Waals surface area contributed by atoms with E-state index < -0.39 is 18.1 Å². The Kier molecular flexibility index (Phi) is 25.8. The summed E-state index contributed by atoms with van der Waals surface area (Å²) in [6, 6.07) is 57.2. The summed E-state index contributed by atoms with van der Waals surface area (Å²) < 4.78 is 79.7. The maximum Gasteiger partial charge on any atom is 0.498 e. The second kappa shape index (κ2) is 37.3. The number of hydrogen-bond acceptors (Lipinski definition) is 20. The molecule has 6 aromatic heterocycles. The number of hydrogen-bond donors (Lipinski definition) is 1. The molecule has 0 spiro atoms. The van der Waals surface area contributed by atoms with Crippen molar-refractivity contribution in [1.29, 1.82) is 0 Å². The fourth-order valence-corrected chi connectivity index (χ4v) is 18.0. The van der Waals surface area contributed by atoms with Gasteiger partial charge in [0.25, 0.3) is 5.35 Å². The predicted molar refractivity (Wildman–Crippen MR) is 514 cm³/mol. The predicted octanol–water partition coefficient (Wildman–Crippen LogP) is 23.6. The second-order valence-electron chi connectivity index (χ2n) is 35.8. The molecule has 11 heterocycles. The third-order valence-electron chi connectivity index (χ3n) is 24.9. The van der Waals surface area contributed by atoms with Gasteiger partial charge in [-0.05, 0) is 282 Å². The smallest absolute Gasteiger partial charge is 0.428 e. The van der Waals surface area contributed by atoms with Crippen LogP contribution < -0.4 is 40.2 Å². The Labute approximate surface area is 790 Å². The summed E-state index contributed by atoms with van der Waals surface area (Å²) >= 11 is 20.9. The van der Waals surface area contributed by atoms with Crippen molar-refractivity contribution in [2.45, 2.75) is 186 Å². The van der Waals surface area contributed by atoms with E-state index >= 15 is 0 Å². The summed E-state index contributed by atoms with van der Waals surface area (Å²) in [7, 11) is -0.285. The topological polar surface area (TPSA) is 258 Å². The summed E-state index contributed by atoms with van der Waals surface area (Å²) in [6.07, 6.45) is 15.3. The number of aryl methyl sites for hydroxylation is 1. The molecule has 678 valence electrons. The fraction of sp³-hybridized carbons (Fsp3) is 0.361. The zero-order valence-electron chi connectivity index (χ0n) is 73.2. The largest absolute Gasteiger partial charge is 0.498 e. The number of carbonyl (C=O) groups is 4. The molecule has 3 amide bonds. The number of halogens is 8. The van der Waals surface area contributed by atoms with Crippen molar-refractivity contribution in [2.75, 3.05) is 54.4 Å². The summed E-state index contributed by atoms with van der Waals surface area (Å²) in [6.45, 7) is 18.3. The van der Waals surface area contributed by atoms with Crippen LogP contribution in [0.2, 0.25) is 5.35 Å². The van der Waals surface area contributed by atoms with Gasteiger partial charge in [-0.2, -0.15) is 43.3 Å². The van der Waals surface area contributed by atoms with E-state index in [9.17, 15) is 32.3 Å². The lowest BCUT2D eigenvalue weighted by Gasteiger charge is -2.40. The monoisotopic (exact) mass is 2010 g/mol. The molecule has 34 heteroatoms. The fourth-order valence-electron chi connectivity index (χ4n) is 16.5. The highest BCUT2D eigenvalue weighted by Gasteiger charge is 2.53. The van der Waals surface area contributed by atoms with Gasteiger partial charge in [0.1, 0.15) is 22.1 Å². The number of para-hydroxylation sites is 8. The summed E-state index contributed by atoms with van der Waals surface area (Å²) in [5.41, 5.74) is 16.1. The minimum atomic E-state index is -4.84. The van der Waals surface area contributed by atoms with E-state index in [2.05, 4.69) is 189 Å². The number of nitrogens with zero attached hydrogens (tertiary/aromatic N) is 14. The van der Waals surface area contributed by atoms with Crippen molar-refractivity contribution in [2.24, 2.45) is 17.8 Å². The Morgan fingerprint density at radius 2 is 0.893 bits per heavy atom. The van der Waals surface area contributed by atoms with E-state index in [4.69, 9.17) is 55.2 Å². The summed E-state index contributed by atoms with van der Waals surface area (Å²) in [5.74, 6) is -0.754. The molecule has 25 nitrogen and oxygen atoms in total. The van der Waals surface area contributed by atoms with Gasteiger partial charge in [-0.3, -0.25) is 43.2 Å². The maximum absolute atomic E-state index is 13.2. The molecule has 6 fully saturated rings. The van der Waals surface area contributed by atoms with Gasteiger partial charge in [-0.15, -0.1) is 0 Å². The first-order chi connectivity index (χ1) is 62.8. The van der Waals surface area contributed by atoms with E-state index in [-0.39, 0.29) is 70.6 Å². The van der Waals surface area contributed by atoms with Gasteiger partial charge in [-0.1, -0.05) is 102 Å². The van der Waals surface area contributed by atoms with Gasteiger partial charge >= 0.3 is 37.2 Å². The number of anilines is 10. The molecule has 0 bridgehead atoms. The molecule has 0 unspecified atom stereocenters. The summed E-state index contributed by atoms with van der Waals surface area (Å²) in [4.78, 5) is 76.6. The highest BCUT2D eigenvalue weighted by molar-refractivity contribution is 9.11. The van der Waals surface area contributed by atoms with Crippen LogP contribution in [-0.2, 0) is 34.9 Å². The van der Waals surface area contributed by atoms with Crippen LogP contribution in [-0.4, -0.2) is 131 Å². The van der Waals surface area contributed by atoms with E-state index in [0.717, 1.165) is 164 Å². The molecule has 0 radical (unpaired) electrons. The number of fused-ring (bicyclic) bond motifs is 8. The normalized spacial score (nSPS) is 19.7. The number of benzene rings is 8. The Morgan fingerprint density at radius 3 is 1.37 bits per heavy atom. The van der Waals surface area contributed by atoms with Crippen molar-refractivity contribution >= 4 is 209 Å². The van der Waals surface area contributed by atoms with Gasteiger partial charge in [0.2, 0.25) is 17.1 Å². The Bertz CT molecular complexity index is 6450. The van der Waals surface area contributed by atoms with Gasteiger partial charge in [0.15, 0.2) is 22.3 Å². The SMILES string of the molecule is CC1(C)OB(c2cnn(C3CC3)c2)OC1(C)C.C[C@H]1CCc2cc(Br)ccc2N1C(=O)C(F)(F)F.C[C@H]1CN(c2nc3ccccc3o2)c2cc(-c3cnn(C4CC4)c3)ccc2N1C(=O)C1CC1.C[C@H]1CN(c2nc3ccccc3o2)c2cc(Br)ccc2N1.C[C@H]1CN(c2nc3ccccc3o2)c2cc(Br)ccc2N1C(=O)C1CC1.Clc1nc2ccccc2o1.O=C(Cl)C1CC1. The van der Waals surface area contributed by atoms with Crippen molar-refractivity contribution in [1.82, 2.24) is 39.5 Å². The standard InChI is InChI=1S/C26H25N5O2.C20H18BrN3O2.C16H14BrN3O.C12H19BN2O2.C12H11BrF3NO.C7H4ClNO.C4H5ClO/c1-16-14-29(26-28-21-4-2-3-5-24(21)33-26)23-12-18(19-13-27-30(15-19)20-9-10-20)8-11-22(23)31(16)25(32)17-6-7-17;1-12-11-23(20-22-15-4-2-3-5-18(15)26-20)17-10-14(21)8-9-16(17)24(12)19(25)13-6-7-13;1-10-9-20(14-8-11(17)6-7-12(14)18-10)16-19-13-4-2-3-5-15(13)21-16;1-11(2)12(3,4)17-13(16-11)9-7-14-15(8-9)10-5-6-10;1-7-2-3-8-6-9(13)4-5-10(8)17(7)11(18)12(14,15)16;8-7-9-5-3-1-2-4-6(5)10-7;5-4(6)3-1-2-3/h2-5,8,11-13,15-17,20H,6-7,9-10,14H2,1H3;2-5,8-10,12-13H,6-7,11H2,1H3;2-8,10,18H,9H2,1H3;7-8,10H,5-6H2,1-4H3;4-7H,2-3H2,1H3;1-4H;3H,1-2H2/t16-;12-;10-;;7-;;/m000.0../s1. The third-order valence-corrected chi connectivity index (χ3v) is 26.8. The Morgan fingerprint density at radius 1 is 0.458 bits per heavy atom. The van der Waals surface area contributed by atoms with Crippen molar-refractivity contribution < 1.29 is 59.3 Å². The molecule has 8 aromatic carbocycles. The highest BCUT2D eigenvalue weighted by Crippen LogP contribution is 2.49. The number of amides is 3. The number of rotatable bonds is 10. The highest BCUT2D eigenvalue weighted by atomic mass is 79.9. The van der Waals surface area contributed by atoms with Crippen LogP contribution >= 0.6 is 71.0 Å². The van der Waals surface area contributed by atoms with E-state index in [1.807, 2.05) is 148 Å². The average molecular weight is 2010 g/mol. The first kappa shape index (κ1) is 90.7. The van der Waals surface area contributed by atoms with Crippen LogP contribution in [0.25, 0.3) is 55.5 Å². The summed E-state index contributed by atoms with van der Waals surface area (Å²) in [5, 5.41) is 12.5. The molecule has 5 aliphatic heterocycles. The number of aromatic nitrogens is 8. The van der Waals surface area contributed by atoms with Gasteiger partial charge < -0.3 is 47.0 Å².